The smallest absolute Gasteiger partial charge is 0.416 e. The molecule has 0 radical (unpaired) electrons. The van der Waals surface area contributed by atoms with E-state index in [1.807, 2.05) is 0 Å². The molecule has 1 saturated heterocycles. The number of ether oxygens (including phenoxy) is 1. The van der Waals surface area contributed by atoms with Crippen LogP contribution in [-0.4, -0.2) is 52.7 Å². The zero-order valence-electron chi connectivity index (χ0n) is 20.4. The van der Waals surface area contributed by atoms with Crippen molar-refractivity contribution >= 4 is 16.2 Å². The number of aryl methyl sites for hydroxylation is 1. The molecule has 1 aliphatic heterocycles. The molecule has 1 aliphatic rings. The number of aliphatic carboxylic acids is 1. The summed E-state index contributed by atoms with van der Waals surface area (Å²) in [5.41, 5.74) is 0.582. The molecule has 3 aromatic rings. The zero-order chi connectivity index (χ0) is 27.5. The predicted octanol–water partition coefficient (Wildman–Crippen LogP) is 4.48. The largest absolute Gasteiger partial charge is 0.487 e. The molecule has 0 amide bonds. The summed E-state index contributed by atoms with van der Waals surface area (Å²) in [4.78, 5) is 15.7. The van der Waals surface area contributed by atoms with E-state index in [2.05, 4.69) is 4.98 Å². The molecule has 0 aliphatic carbocycles. The first-order valence-corrected chi connectivity index (χ1v) is 13.2. The Bertz CT molecular complexity index is 1380. The second-order valence-electron chi connectivity index (χ2n) is 8.81. The van der Waals surface area contributed by atoms with Gasteiger partial charge in [0.15, 0.2) is 0 Å². The van der Waals surface area contributed by atoms with Crippen molar-refractivity contribution < 1.29 is 40.6 Å². The van der Waals surface area contributed by atoms with Crippen LogP contribution in [-0.2, 0) is 34.3 Å². The third-order valence-electron chi connectivity index (χ3n) is 6.01. The third-order valence-corrected chi connectivity index (χ3v) is 7.94. The lowest BCUT2D eigenvalue weighted by Gasteiger charge is -2.26. The van der Waals surface area contributed by atoms with Gasteiger partial charge in [0.25, 0.3) is 10.2 Å². The monoisotopic (exact) mass is 553 g/mol. The Balaban J connectivity index is 1.45. The molecule has 1 fully saturated rings. The van der Waals surface area contributed by atoms with Crippen LogP contribution in [0.15, 0.2) is 52.9 Å². The Morgan fingerprint density at radius 2 is 1.84 bits per heavy atom. The molecule has 9 nitrogen and oxygen atoms in total. The molecule has 204 valence electrons. The number of hydrogen-bond acceptors (Lipinski definition) is 6. The van der Waals surface area contributed by atoms with Gasteiger partial charge in [-0.1, -0.05) is 12.1 Å². The molecule has 0 bridgehead atoms. The molecular formula is C25H26F3N3O6S. The Hall–Kier alpha value is -3.42. The van der Waals surface area contributed by atoms with Gasteiger partial charge >= 0.3 is 12.1 Å². The number of halogens is 3. The van der Waals surface area contributed by atoms with E-state index < -0.39 is 34.5 Å². The van der Waals surface area contributed by atoms with Gasteiger partial charge in [-0.25, -0.2) is 4.98 Å². The summed E-state index contributed by atoms with van der Waals surface area (Å²) >= 11 is 0. The van der Waals surface area contributed by atoms with Gasteiger partial charge in [0.2, 0.25) is 5.89 Å². The van der Waals surface area contributed by atoms with Crippen molar-refractivity contribution in [2.45, 2.75) is 39.1 Å². The zero-order valence-corrected chi connectivity index (χ0v) is 21.3. The number of carbonyl (C=O) groups is 1. The number of benzene rings is 2. The number of alkyl halides is 3. The number of hydrogen-bond donors (Lipinski definition) is 1. The van der Waals surface area contributed by atoms with E-state index in [0.717, 1.165) is 29.3 Å². The van der Waals surface area contributed by atoms with E-state index in [-0.39, 0.29) is 19.0 Å². The molecule has 1 N–H and O–H groups in total. The molecule has 0 unspecified atom stereocenters. The second kappa shape index (κ2) is 11.1. The van der Waals surface area contributed by atoms with Crippen LogP contribution in [0, 0.1) is 6.92 Å². The maximum atomic E-state index is 13.0. The van der Waals surface area contributed by atoms with Crippen molar-refractivity contribution in [3.05, 3.63) is 71.1 Å². The van der Waals surface area contributed by atoms with Gasteiger partial charge in [-0.3, -0.25) is 4.79 Å². The topological polar surface area (TPSA) is 113 Å². The summed E-state index contributed by atoms with van der Waals surface area (Å²) in [7, 11) is -3.94. The van der Waals surface area contributed by atoms with Gasteiger partial charge in [0.05, 0.1) is 5.56 Å². The van der Waals surface area contributed by atoms with Gasteiger partial charge in [-0.15, -0.1) is 0 Å². The van der Waals surface area contributed by atoms with Gasteiger partial charge < -0.3 is 14.3 Å². The van der Waals surface area contributed by atoms with E-state index in [0.29, 0.717) is 41.4 Å². The van der Waals surface area contributed by atoms with Gasteiger partial charge in [-0.05, 0) is 61.7 Å². The van der Waals surface area contributed by atoms with Crippen LogP contribution < -0.4 is 4.74 Å². The maximum absolute atomic E-state index is 13.0. The summed E-state index contributed by atoms with van der Waals surface area (Å²) in [6, 6.07) is 11.1. The highest BCUT2D eigenvalue weighted by Gasteiger charge is 2.33. The average Bonchev–Trinajstić information content (AvgIpc) is 3.53. The maximum Gasteiger partial charge on any atom is 0.416 e. The number of carboxylic acid groups (broad SMARTS) is 1. The van der Waals surface area contributed by atoms with Crippen LogP contribution in [0.25, 0.3) is 11.5 Å². The number of oxazole rings is 1. The molecule has 38 heavy (non-hydrogen) atoms. The fraction of sp³-hybridized carbons (Fsp3) is 0.360. The minimum Gasteiger partial charge on any atom is -0.487 e. The molecule has 1 aromatic heterocycles. The summed E-state index contributed by atoms with van der Waals surface area (Å²) in [6.07, 6.45) is -2.99. The Labute approximate surface area is 217 Å². The molecule has 2 aromatic carbocycles. The highest BCUT2D eigenvalue weighted by atomic mass is 32.2. The van der Waals surface area contributed by atoms with E-state index in [1.165, 1.54) is 16.4 Å². The number of nitrogens with zero attached hydrogens (tertiary/aromatic N) is 3. The van der Waals surface area contributed by atoms with E-state index in [9.17, 15) is 31.5 Å². The Morgan fingerprint density at radius 3 is 2.47 bits per heavy atom. The summed E-state index contributed by atoms with van der Waals surface area (Å²) < 4.78 is 78.0. The van der Waals surface area contributed by atoms with Crippen LogP contribution in [0.3, 0.4) is 0 Å². The SMILES string of the molecule is Cc1oc(-c2ccc(C(F)(F)F)cc2)nc1COc1cccc(CN(CC(=O)O)S(=O)(=O)N2CCCC2)c1. The minimum absolute atomic E-state index is 0.00959. The third kappa shape index (κ3) is 6.52. The van der Waals surface area contributed by atoms with Gasteiger partial charge in [-0.2, -0.15) is 30.2 Å². The normalized spacial score (nSPS) is 14.8. The molecule has 2 heterocycles. The van der Waals surface area contributed by atoms with Crippen molar-refractivity contribution in [1.29, 1.82) is 0 Å². The first kappa shape index (κ1) is 27.6. The number of carboxylic acids is 1. The van der Waals surface area contributed by atoms with Crippen molar-refractivity contribution in [3.8, 4) is 17.2 Å². The lowest BCUT2D eigenvalue weighted by molar-refractivity contribution is -0.138. The lowest BCUT2D eigenvalue weighted by atomic mass is 10.1. The minimum atomic E-state index is -4.44. The first-order valence-electron chi connectivity index (χ1n) is 11.8. The number of aromatic nitrogens is 1. The quantitative estimate of drug-likeness (QED) is 0.394. The van der Waals surface area contributed by atoms with E-state index in [4.69, 9.17) is 9.15 Å². The van der Waals surface area contributed by atoms with E-state index in [1.54, 1.807) is 31.2 Å². The van der Waals surface area contributed by atoms with Crippen molar-refractivity contribution in [2.24, 2.45) is 0 Å². The highest BCUT2D eigenvalue weighted by Crippen LogP contribution is 2.31. The first-order chi connectivity index (χ1) is 17.9. The van der Waals surface area contributed by atoms with Crippen LogP contribution >= 0.6 is 0 Å². The lowest BCUT2D eigenvalue weighted by Crippen LogP contribution is -2.44. The van der Waals surface area contributed by atoms with E-state index >= 15 is 0 Å². The molecule has 0 saturated carbocycles. The van der Waals surface area contributed by atoms with Crippen molar-refractivity contribution in [2.75, 3.05) is 19.6 Å². The summed E-state index contributed by atoms with van der Waals surface area (Å²) in [5, 5.41) is 9.28. The van der Waals surface area contributed by atoms with Crippen LogP contribution in [0.5, 0.6) is 5.75 Å². The van der Waals surface area contributed by atoms with Crippen LogP contribution in [0.2, 0.25) is 0 Å². The standard InChI is InChI=1S/C25H26F3N3O6S/c1-17-22(29-24(37-17)19-7-9-20(10-8-19)25(26,27)28)16-36-21-6-4-5-18(13-21)14-31(15-23(32)33)38(34,35)30-11-2-3-12-30/h4-10,13H,2-3,11-12,14-16H2,1H3,(H,32,33). The predicted molar refractivity (Wildman–Crippen MR) is 130 cm³/mol. The van der Waals surface area contributed by atoms with Gasteiger partial charge in [0.1, 0.15) is 30.4 Å². The van der Waals surface area contributed by atoms with Crippen LogP contribution in [0.4, 0.5) is 13.2 Å². The molecule has 4 rings (SSSR count). The fourth-order valence-electron chi connectivity index (χ4n) is 4.03. The Morgan fingerprint density at radius 1 is 1.16 bits per heavy atom. The molecule has 0 spiro atoms. The Kier molecular flexibility index (Phi) is 8.09. The average molecular weight is 554 g/mol. The fourth-order valence-corrected chi connectivity index (χ4v) is 5.66. The molecule has 0 atom stereocenters. The van der Waals surface area contributed by atoms with Crippen molar-refractivity contribution in [1.82, 2.24) is 13.6 Å². The second-order valence-corrected chi connectivity index (χ2v) is 10.7. The van der Waals surface area contributed by atoms with Crippen molar-refractivity contribution in [3.63, 3.8) is 0 Å². The highest BCUT2D eigenvalue weighted by molar-refractivity contribution is 7.86. The molecule has 13 heteroatoms. The van der Waals surface area contributed by atoms with Gasteiger partial charge in [0, 0.05) is 25.2 Å². The summed E-state index contributed by atoms with van der Waals surface area (Å²) in [5.74, 6) is -0.277. The molecular weight excluding hydrogens is 527 g/mol. The summed E-state index contributed by atoms with van der Waals surface area (Å²) in [6.45, 7) is 1.53. The van der Waals surface area contributed by atoms with Crippen LogP contribution in [0.1, 0.15) is 35.4 Å². The number of rotatable bonds is 10.